The van der Waals surface area contributed by atoms with Gasteiger partial charge in [0.05, 0.1) is 5.41 Å². The summed E-state index contributed by atoms with van der Waals surface area (Å²) >= 11 is 0. The van der Waals surface area contributed by atoms with Crippen molar-refractivity contribution in [3.05, 3.63) is 0 Å². The Balaban J connectivity index is 2.37. The van der Waals surface area contributed by atoms with Crippen LogP contribution in [0.1, 0.15) is 39.0 Å². The third kappa shape index (κ3) is 4.25. The van der Waals surface area contributed by atoms with Crippen LogP contribution in [0, 0.1) is 11.3 Å². The maximum atomic E-state index is 12.3. The summed E-state index contributed by atoms with van der Waals surface area (Å²) in [5, 5.41) is 3.07. The van der Waals surface area contributed by atoms with Gasteiger partial charge in [-0.15, -0.1) is 0 Å². The molecule has 0 saturated heterocycles. The fourth-order valence-electron chi connectivity index (χ4n) is 2.62. The summed E-state index contributed by atoms with van der Waals surface area (Å²) < 4.78 is 0. The van der Waals surface area contributed by atoms with Crippen LogP contribution >= 0.6 is 0 Å². The molecule has 106 valence electrons. The van der Waals surface area contributed by atoms with Crippen molar-refractivity contribution in [1.29, 1.82) is 0 Å². The van der Waals surface area contributed by atoms with E-state index >= 15 is 0 Å². The van der Waals surface area contributed by atoms with Crippen molar-refractivity contribution >= 4 is 5.91 Å². The molecule has 1 aliphatic rings. The number of hydrogen-bond acceptors (Lipinski definition) is 3. The van der Waals surface area contributed by atoms with Crippen molar-refractivity contribution in [1.82, 2.24) is 10.2 Å². The second-order valence-electron chi connectivity index (χ2n) is 6.08. The number of carbonyl (C=O) groups is 1. The lowest BCUT2D eigenvalue weighted by molar-refractivity contribution is -0.132. The van der Waals surface area contributed by atoms with Gasteiger partial charge in [-0.2, -0.15) is 0 Å². The van der Waals surface area contributed by atoms with Crippen LogP contribution in [0.4, 0.5) is 0 Å². The highest BCUT2D eigenvalue weighted by molar-refractivity contribution is 5.83. The Morgan fingerprint density at radius 2 is 2.00 bits per heavy atom. The number of nitrogens with zero attached hydrogens (tertiary/aromatic N) is 1. The number of nitrogens with two attached hydrogens (primary N) is 1. The zero-order valence-electron chi connectivity index (χ0n) is 12.2. The number of amides is 1. The Labute approximate surface area is 111 Å². The van der Waals surface area contributed by atoms with Crippen molar-refractivity contribution in [3.63, 3.8) is 0 Å². The monoisotopic (exact) mass is 255 g/mol. The molecular formula is C14H29N3O. The molecule has 0 aromatic rings. The minimum atomic E-state index is -0.287. The second kappa shape index (κ2) is 7.10. The molecule has 1 aliphatic carbocycles. The van der Waals surface area contributed by atoms with Crippen molar-refractivity contribution < 1.29 is 4.79 Å². The van der Waals surface area contributed by atoms with Crippen LogP contribution in [0.25, 0.3) is 0 Å². The summed E-state index contributed by atoms with van der Waals surface area (Å²) in [4.78, 5) is 14.4. The minimum absolute atomic E-state index is 0.177. The van der Waals surface area contributed by atoms with Gasteiger partial charge in [-0.25, -0.2) is 0 Å². The SMILES string of the molecule is CC1CCC(CN)(C(=O)NCCCN(C)C)CC1. The van der Waals surface area contributed by atoms with E-state index in [1.165, 1.54) is 0 Å². The Morgan fingerprint density at radius 3 is 2.50 bits per heavy atom. The summed E-state index contributed by atoms with van der Waals surface area (Å²) in [6.45, 7) is 4.51. The molecule has 0 atom stereocenters. The van der Waals surface area contributed by atoms with E-state index in [0.29, 0.717) is 6.54 Å². The first-order valence-corrected chi connectivity index (χ1v) is 7.13. The molecule has 18 heavy (non-hydrogen) atoms. The highest BCUT2D eigenvalue weighted by atomic mass is 16.2. The van der Waals surface area contributed by atoms with Crippen molar-refractivity contribution in [2.45, 2.75) is 39.0 Å². The Hall–Kier alpha value is -0.610. The zero-order valence-corrected chi connectivity index (χ0v) is 12.2. The maximum Gasteiger partial charge on any atom is 0.227 e. The average molecular weight is 255 g/mol. The van der Waals surface area contributed by atoms with Gasteiger partial charge < -0.3 is 16.0 Å². The van der Waals surface area contributed by atoms with Crippen LogP contribution in [-0.2, 0) is 4.79 Å². The van der Waals surface area contributed by atoms with Gasteiger partial charge >= 0.3 is 0 Å². The fraction of sp³-hybridized carbons (Fsp3) is 0.929. The third-order valence-electron chi connectivity index (χ3n) is 4.17. The van der Waals surface area contributed by atoms with E-state index in [2.05, 4.69) is 17.1 Å². The number of hydrogen-bond donors (Lipinski definition) is 2. The summed E-state index contributed by atoms with van der Waals surface area (Å²) in [6.07, 6.45) is 5.15. The van der Waals surface area contributed by atoms with Gasteiger partial charge in [0.15, 0.2) is 0 Å². The highest BCUT2D eigenvalue weighted by Gasteiger charge is 2.39. The van der Waals surface area contributed by atoms with Gasteiger partial charge in [-0.1, -0.05) is 6.92 Å². The van der Waals surface area contributed by atoms with Crippen LogP contribution in [0.2, 0.25) is 0 Å². The van der Waals surface area contributed by atoms with Gasteiger partial charge in [0, 0.05) is 13.1 Å². The van der Waals surface area contributed by atoms with Crippen LogP contribution in [0.3, 0.4) is 0 Å². The smallest absolute Gasteiger partial charge is 0.227 e. The fourth-order valence-corrected chi connectivity index (χ4v) is 2.62. The molecule has 4 heteroatoms. The van der Waals surface area contributed by atoms with Gasteiger partial charge in [-0.3, -0.25) is 4.79 Å². The molecule has 0 bridgehead atoms. The van der Waals surface area contributed by atoms with E-state index in [1.807, 2.05) is 14.1 Å². The largest absolute Gasteiger partial charge is 0.356 e. The Kier molecular flexibility index (Phi) is 6.09. The molecule has 0 aliphatic heterocycles. The summed E-state index contributed by atoms with van der Waals surface area (Å²) in [5.41, 5.74) is 5.58. The molecule has 0 heterocycles. The molecule has 4 nitrogen and oxygen atoms in total. The van der Waals surface area contributed by atoms with Gasteiger partial charge in [0.25, 0.3) is 0 Å². The van der Waals surface area contributed by atoms with Gasteiger partial charge in [0.2, 0.25) is 5.91 Å². The summed E-state index contributed by atoms with van der Waals surface area (Å²) in [5.74, 6) is 0.918. The van der Waals surface area contributed by atoms with Crippen molar-refractivity contribution in [2.75, 3.05) is 33.7 Å². The van der Waals surface area contributed by atoms with E-state index in [-0.39, 0.29) is 11.3 Å². The molecule has 0 spiro atoms. The third-order valence-corrected chi connectivity index (χ3v) is 4.17. The minimum Gasteiger partial charge on any atom is -0.356 e. The number of carbonyl (C=O) groups excluding carboxylic acids is 1. The molecule has 0 unspecified atom stereocenters. The lowest BCUT2D eigenvalue weighted by Crippen LogP contribution is -2.48. The molecule has 1 fully saturated rings. The van der Waals surface area contributed by atoms with E-state index < -0.39 is 0 Å². The lowest BCUT2D eigenvalue weighted by atomic mass is 9.70. The Morgan fingerprint density at radius 1 is 1.39 bits per heavy atom. The van der Waals surface area contributed by atoms with E-state index in [0.717, 1.165) is 51.1 Å². The van der Waals surface area contributed by atoms with Crippen LogP contribution in [0.15, 0.2) is 0 Å². The van der Waals surface area contributed by atoms with Gasteiger partial charge in [-0.05, 0) is 58.7 Å². The molecule has 3 N–H and O–H groups in total. The molecule has 0 aromatic heterocycles. The second-order valence-corrected chi connectivity index (χ2v) is 6.08. The molecule has 0 radical (unpaired) electrons. The predicted octanol–water partition coefficient (Wildman–Crippen LogP) is 1.21. The first-order valence-electron chi connectivity index (χ1n) is 7.13. The quantitative estimate of drug-likeness (QED) is 0.701. The summed E-state index contributed by atoms with van der Waals surface area (Å²) in [6, 6.07) is 0. The summed E-state index contributed by atoms with van der Waals surface area (Å²) in [7, 11) is 4.09. The standard InChI is InChI=1S/C14H29N3O/c1-12-5-7-14(11-15,8-6-12)13(18)16-9-4-10-17(2)3/h12H,4-11,15H2,1-3H3,(H,16,18). The molecule has 1 saturated carbocycles. The number of rotatable bonds is 6. The number of nitrogens with one attached hydrogen (secondary N) is 1. The van der Waals surface area contributed by atoms with Crippen LogP contribution < -0.4 is 11.1 Å². The first kappa shape index (κ1) is 15.4. The molecule has 1 rings (SSSR count). The highest BCUT2D eigenvalue weighted by Crippen LogP contribution is 2.38. The van der Waals surface area contributed by atoms with E-state index in [1.54, 1.807) is 0 Å². The maximum absolute atomic E-state index is 12.3. The van der Waals surface area contributed by atoms with Crippen molar-refractivity contribution in [3.8, 4) is 0 Å². The topological polar surface area (TPSA) is 58.4 Å². The normalized spacial score (nSPS) is 28.4. The van der Waals surface area contributed by atoms with Crippen LogP contribution in [0.5, 0.6) is 0 Å². The van der Waals surface area contributed by atoms with Crippen molar-refractivity contribution in [2.24, 2.45) is 17.1 Å². The Bertz CT molecular complexity index is 258. The van der Waals surface area contributed by atoms with Gasteiger partial charge in [0.1, 0.15) is 0 Å². The molecular weight excluding hydrogens is 226 g/mol. The van der Waals surface area contributed by atoms with E-state index in [9.17, 15) is 4.79 Å². The van der Waals surface area contributed by atoms with E-state index in [4.69, 9.17) is 5.73 Å². The lowest BCUT2D eigenvalue weighted by Gasteiger charge is -2.37. The van der Waals surface area contributed by atoms with Crippen LogP contribution in [-0.4, -0.2) is 44.5 Å². The molecule has 1 amide bonds. The molecule has 0 aromatic carbocycles. The predicted molar refractivity (Wildman–Crippen MR) is 75.3 cm³/mol. The zero-order chi connectivity index (χ0) is 13.6. The first-order chi connectivity index (χ1) is 8.50. The average Bonchev–Trinajstić information content (AvgIpc) is 2.35.